The molecule has 1 unspecified atom stereocenters. The van der Waals surface area contributed by atoms with Crippen molar-refractivity contribution >= 4 is 53.6 Å². The summed E-state index contributed by atoms with van der Waals surface area (Å²) < 4.78 is 5.07. The number of nitrogens with one attached hydrogen (secondary N) is 5. The van der Waals surface area contributed by atoms with E-state index in [1.807, 2.05) is 0 Å². The van der Waals surface area contributed by atoms with Crippen LogP contribution in [0.2, 0.25) is 0 Å². The van der Waals surface area contributed by atoms with Crippen molar-refractivity contribution in [3.8, 4) is 11.5 Å². The van der Waals surface area contributed by atoms with E-state index >= 15 is 0 Å². The Labute approximate surface area is 448 Å². The van der Waals surface area contributed by atoms with Crippen molar-refractivity contribution in [3.63, 3.8) is 0 Å². The number of carboxylic acid groups (broad SMARTS) is 5. The summed E-state index contributed by atoms with van der Waals surface area (Å²) in [5.74, 6) is -7.90. The van der Waals surface area contributed by atoms with Gasteiger partial charge >= 0.3 is 35.9 Å². The fourth-order valence-corrected chi connectivity index (χ4v) is 8.28. The Morgan fingerprint density at radius 1 is 0.564 bits per heavy atom. The maximum Gasteiger partial charge on any atom is 0.326 e. The fourth-order valence-electron chi connectivity index (χ4n) is 8.28. The lowest BCUT2D eigenvalue weighted by Gasteiger charge is -2.40. The van der Waals surface area contributed by atoms with E-state index < -0.39 is 117 Å². The average molecular weight is 1110 g/mol. The molecule has 0 aliphatic carbocycles. The number of carbonyl (C=O) groups is 9. The standard InChI is InChI=1S/C50H73N7O21/c58-28-37-45(70)46(71)44(49(76)78-37)55-40(63)16-11-30-9-14-36(60)32(23-30)25-57(27-43(68)69)21-20-56(26-42(66)67)24-31-22-29(8-13-35(31)59)10-15-39(62)52-18-4-1-2-7-38(61)51-19-5-3-6-33(47(72)73)53-50(77)54-34(48(74)75)12-17-41(64)65/h8-9,13-14,22-23,33-34,37,44-46,49,58-60,70-71,76H,1-7,10-12,15-21,24-28H2,(H,51,61)(H,52,62)(H,55,63)(H,64,65)(H,66,67)(H,68,69)(H,72,73)(H,74,75)(H2,53,54,77)/t33-,34-,37+,44+,45+,46+,49?/m0/s1. The Kier molecular flexibility index (Phi) is 28.2. The number of aliphatic hydroxyl groups is 4. The Morgan fingerprint density at radius 2 is 1.05 bits per heavy atom. The second-order valence-corrected chi connectivity index (χ2v) is 18.8. The number of benzene rings is 2. The third kappa shape index (κ3) is 24.4. The number of amides is 5. The lowest BCUT2D eigenvalue weighted by molar-refractivity contribution is -0.253. The highest BCUT2D eigenvalue weighted by Crippen LogP contribution is 2.24. The highest BCUT2D eigenvalue weighted by molar-refractivity contribution is 5.86. The number of hydrogen-bond donors (Lipinski definition) is 16. The van der Waals surface area contributed by atoms with Crippen LogP contribution >= 0.6 is 0 Å². The molecule has 28 heteroatoms. The molecule has 2 aromatic carbocycles. The fraction of sp³-hybridized carbons (Fsp3) is 0.580. The first kappa shape index (κ1) is 65.1. The van der Waals surface area contributed by atoms with Gasteiger partial charge in [-0.25, -0.2) is 14.4 Å². The number of phenols is 2. The number of ether oxygens (including phenoxy) is 1. The molecular formula is C50H73N7O21. The summed E-state index contributed by atoms with van der Waals surface area (Å²) in [7, 11) is 0. The molecule has 7 atom stereocenters. The summed E-state index contributed by atoms with van der Waals surface area (Å²) in [5, 5.41) is 120. The zero-order valence-electron chi connectivity index (χ0n) is 43.0. The Hall–Kier alpha value is -7.21. The van der Waals surface area contributed by atoms with E-state index in [9.17, 15) is 94.2 Å². The van der Waals surface area contributed by atoms with Crippen molar-refractivity contribution < 1.29 is 104 Å². The molecule has 1 fully saturated rings. The van der Waals surface area contributed by atoms with E-state index in [2.05, 4.69) is 26.6 Å². The number of carboxylic acids is 5. The molecule has 1 aliphatic heterocycles. The van der Waals surface area contributed by atoms with Gasteiger partial charge in [0.05, 0.1) is 19.7 Å². The molecule has 1 saturated heterocycles. The molecule has 0 radical (unpaired) electrons. The van der Waals surface area contributed by atoms with Crippen molar-refractivity contribution in [2.75, 3.05) is 45.9 Å². The number of phenolic OH excluding ortho intramolecular Hbond substituents is 2. The van der Waals surface area contributed by atoms with Crippen LogP contribution in [0.25, 0.3) is 0 Å². The number of rotatable bonds is 37. The van der Waals surface area contributed by atoms with E-state index in [0.29, 0.717) is 60.9 Å². The van der Waals surface area contributed by atoms with Gasteiger partial charge in [-0.2, -0.15) is 0 Å². The third-order valence-electron chi connectivity index (χ3n) is 12.5. The van der Waals surface area contributed by atoms with Gasteiger partial charge in [-0.1, -0.05) is 30.7 Å². The normalized spacial score (nSPS) is 17.8. The van der Waals surface area contributed by atoms with Gasteiger partial charge in [-0.3, -0.25) is 38.6 Å². The van der Waals surface area contributed by atoms with Gasteiger partial charge < -0.3 is 87.5 Å². The largest absolute Gasteiger partial charge is 0.508 e. The molecule has 434 valence electrons. The summed E-state index contributed by atoms with van der Waals surface area (Å²) in [6.07, 6.45) is -4.16. The zero-order valence-corrected chi connectivity index (χ0v) is 43.0. The maximum atomic E-state index is 12.8. The molecule has 0 bridgehead atoms. The van der Waals surface area contributed by atoms with Crippen molar-refractivity contribution in [3.05, 3.63) is 58.7 Å². The molecule has 3 rings (SSSR count). The van der Waals surface area contributed by atoms with Crippen molar-refractivity contribution in [1.29, 1.82) is 0 Å². The van der Waals surface area contributed by atoms with Crippen LogP contribution < -0.4 is 26.6 Å². The molecule has 0 aromatic heterocycles. The minimum absolute atomic E-state index is 0.00210. The van der Waals surface area contributed by atoms with Crippen LogP contribution in [0.3, 0.4) is 0 Å². The number of hydrogen-bond acceptors (Lipinski definition) is 18. The minimum Gasteiger partial charge on any atom is -0.508 e. The van der Waals surface area contributed by atoms with E-state index in [1.165, 1.54) is 21.9 Å². The molecule has 2 aromatic rings. The lowest BCUT2D eigenvalue weighted by Crippen LogP contribution is -2.64. The SMILES string of the molecule is O=C(O)CC[C@H](NC(=O)N[C@@H](CCCCNC(=O)CCCCCNC(=O)CCc1ccc(O)c(CN(CCN(CC(=O)O)Cc2cc(CCC(=O)N[C@H]3C(O)O[C@H](CO)[C@@H](O)[C@@H]3O)ccc2O)CC(=O)O)c1)C(=O)O)C(=O)O. The van der Waals surface area contributed by atoms with E-state index in [1.54, 1.807) is 24.3 Å². The molecule has 78 heavy (non-hydrogen) atoms. The molecule has 0 spiro atoms. The number of carbonyl (C=O) groups excluding carboxylic acids is 4. The summed E-state index contributed by atoms with van der Waals surface area (Å²) >= 11 is 0. The molecule has 1 aliphatic rings. The molecular weight excluding hydrogens is 1030 g/mol. The van der Waals surface area contributed by atoms with Gasteiger partial charge in [0, 0.05) is 76.1 Å². The number of aromatic hydroxyl groups is 2. The predicted molar refractivity (Wildman–Crippen MR) is 270 cm³/mol. The van der Waals surface area contributed by atoms with Crippen molar-refractivity contribution in [2.45, 2.75) is 139 Å². The third-order valence-corrected chi connectivity index (χ3v) is 12.5. The first-order valence-corrected chi connectivity index (χ1v) is 25.3. The van der Waals surface area contributed by atoms with E-state index in [4.69, 9.17) is 9.84 Å². The van der Waals surface area contributed by atoms with Gasteiger partial charge in [0.2, 0.25) is 17.7 Å². The molecule has 5 amide bonds. The topological polar surface area (TPSA) is 452 Å². The number of urea groups is 1. The molecule has 1 heterocycles. The van der Waals surface area contributed by atoms with Crippen LogP contribution in [0.15, 0.2) is 36.4 Å². The quantitative estimate of drug-likeness (QED) is 0.0338. The van der Waals surface area contributed by atoms with Crippen molar-refractivity contribution in [1.82, 2.24) is 36.4 Å². The maximum absolute atomic E-state index is 12.8. The summed E-state index contributed by atoms with van der Waals surface area (Å²) in [6.45, 7) is -1.22. The van der Waals surface area contributed by atoms with Crippen LogP contribution in [-0.4, -0.2) is 208 Å². The van der Waals surface area contributed by atoms with Crippen molar-refractivity contribution in [2.24, 2.45) is 0 Å². The summed E-state index contributed by atoms with van der Waals surface area (Å²) in [5.41, 5.74) is 1.90. The molecule has 16 N–H and O–H groups in total. The van der Waals surface area contributed by atoms with Gasteiger partial charge in [-0.05, 0) is 74.6 Å². The van der Waals surface area contributed by atoms with Gasteiger partial charge in [0.25, 0.3) is 0 Å². The first-order chi connectivity index (χ1) is 36.9. The molecule has 28 nitrogen and oxygen atoms in total. The highest BCUT2D eigenvalue weighted by Gasteiger charge is 2.44. The number of aliphatic hydroxyl groups excluding tert-OH is 4. The zero-order chi connectivity index (χ0) is 57.9. The van der Waals surface area contributed by atoms with Crippen LogP contribution in [0.5, 0.6) is 11.5 Å². The van der Waals surface area contributed by atoms with Crippen LogP contribution in [-0.2, 0) is 69.0 Å². The minimum atomic E-state index is -1.71. The monoisotopic (exact) mass is 1110 g/mol. The average Bonchev–Trinajstić information content (AvgIpc) is 3.38. The Bertz CT molecular complexity index is 2340. The lowest BCUT2D eigenvalue weighted by atomic mass is 9.96. The smallest absolute Gasteiger partial charge is 0.326 e. The number of aryl methyl sites for hydroxylation is 2. The van der Waals surface area contributed by atoms with Crippen LogP contribution in [0, 0.1) is 0 Å². The predicted octanol–water partition coefficient (Wildman–Crippen LogP) is -1.61. The Balaban J connectivity index is 1.41. The van der Waals surface area contributed by atoms with Gasteiger partial charge in [-0.15, -0.1) is 0 Å². The van der Waals surface area contributed by atoms with Gasteiger partial charge in [0.15, 0.2) is 6.29 Å². The summed E-state index contributed by atoms with van der Waals surface area (Å²) in [4.78, 5) is 110. The second-order valence-electron chi connectivity index (χ2n) is 18.8. The second kappa shape index (κ2) is 33.8. The molecule has 0 saturated carbocycles. The summed E-state index contributed by atoms with van der Waals surface area (Å²) in [6, 6.07) is 3.83. The number of aliphatic carboxylic acids is 5. The van der Waals surface area contributed by atoms with Gasteiger partial charge in [0.1, 0.15) is 47.9 Å². The number of nitrogens with zero attached hydrogens (tertiary/aromatic N) is 2. The van der Waals surface area contributed by atoms with Crippen LogP contribution in [0.4, 0.5) is 4.79 Å². The Morgan fingerprint density at radius 3 is 1.54 bits per heavy atom. The van der Waals surface area contributed by atoms with E-state index in [0.717, 1.165) is 0 Å². The first-order valence-electron chi connectivity index (χ1n) is 25.3. The number of unbranched alkanes of at least 4 members (excludes halogenated alkanes) is 3. The highest BCUT2D eigenvalue weighted by atomic mass is 16.6. The van der Waals surface area contributed by atoms with E-state index in [-0.39, 0.29) is 94.6 Å². The van der Waals surface area contributed by atoms with Crippen LogP contribution in [0.1, 0.15) is 92.9 Å².